The molecule has 3 unspecified atom stereocenters. The van der Waals surface area contributed by atoms with Crippen molar-refractivity contribution in [2.24, 2.45) is 5.92 Å². The van der Waals surface area contributed by atoms with Gasteiger partial charge in [-0.3, -0.25) is 4.79 Å². The highest BCUT2D eigenvalue weighted by atomic mass is 16.6. The average molecular weight is 310 g/mol. The van der Waals surface area contributed by atoms with Gasteiger partial charge in [-0.05, 0) is 23.6 Å². The summed E-state index contributed by atoms with van der Waals surface area (Å²) in [6.45, 7) is 1.14. The number of hydrogen-bond acceptors (Lipinski definition) is 4. The first-order valence-electron chi connectivity index (χ1n) is 7.87. The van der Waals surface area contributed by atoms with Crippen molar-refractivity contribution in [1.29, 1.82) is 0 Å². The maximum Gasteiger partial charge on any atom is 0.257 e. The summed E-state index contributed by atoms with van der Waals surface area (Å²) in [5, 5.41) is 2.93. The van der Waals surface area contributed by atoms with Crippen LogP contribution in [0.2, 0.25) is 0 Å². The van der Waals surface area contributed by atoms with E-state index in [1.807, 2.05) is 30.3 Å². The van der Waals surface area contributed by atoms with Crippen LogP contribution < -0.4 is 14.8 Å². The third kappa shape index (κ3) is 2.74. The number of carbonyl (C=O) groups is 1. The first kappa shape index (κ1) is 14.1. The lowest BCUT2D eigenvalue weighted by atomic mass is 9.81. The predicted molar refractivity (Wildman–Crippen MR) is 84.4 cm³/mol. The molecule has 1 N–H and O–H groups in total. The highest BCUT2D eigenvalue weighted by molar-refractivity contribution is 5.78. The molecule has 1 aromatic heterocycles. The van der Waals surface area contributed by atoms with Gasteiger partial charge in [-0.15, -0.1) is 0 Å². The van der Waals surface area contributed by atoms with E-state index in [0.29, 0.717) is 31.2 Å². The highest BCUT2D eigenvalue weighted by Gasteiger charge is 2.39. The Labute approximate surface area is 134 Å². The number of benzene rings is 1. The number of nitrogens with zero attached hydrogens (tertiary/aromatic N) is 1. The van der Waals surface area contributed by atoms with Gasteiger partial charge in [0, 0.05) is 25.1 Å². The van der Waals surface area contributed by atoms with Crippen LogP contribution in [-0.4, -0.2) is 30.1 Å². The lowest BCUT2D eigenvalue weighted by Crippen LogP contribution is -2.39. The second-order valence-corrected chi connectivity index (χ2v) is 5.98. The number of nitrogens with one attached hydrogen (secondary N) is 1. The molecular formula is C18H18N2O3. The number of hydrogen-bond donors (Lipinski definition) is 1. The lowest BCUT2D eigenvalue weighted by molar-refractivity contribution is -0.119. The topological polar surface area (TPSA) is 60.5 Å². The van der Waals surface area contributed by atoms with Crippen molar-refractivity contribution in [1.82, 2.24) is 10.3 Å². The van der Waals surface area contributed by atoms with Crippen LogP contribution in [0.4, 0.5) is 0 Å². The maximum absolute atomic E-state index is 11.7. The van der Waals surface area contributed by atoms with E-state index in [9.17, 15) is 4.79 Å². The van der Waals surface area contributed by atoms with E-state index in [4.69, 9.17) is 9.47 Å². The van der Waals surface area contributed by atoms with Crippen LogP contribution in [0, 0.1) is 5.92 Å². The molecule has 0 radical (unpaired) electrons. The Morgan fingerprint density at radius 1 is 1.17 bits per heavy atom. The van der Waals surface area contributed by atoms with Gasteiger partial charge in [0.2, 0.25) is 5.91 Å². The first-order chi connectivity index (χ1) is 11.3. The largest absolute Gasteiger partial charge is 0.484 e. The normalized spacial score (nSPS) is 24.1. The van der Waals surface area contributed by atoms with E-state index >= 15 is 0 Å². The summed E-state index contributed by atoms with van der Waals surface area (Å²) in [6, 6.07) is 13.9. The molecule has 5 heteroatoms. The van der Waals surface area contributed by atoms with E-state index < -0.39 is 0 Å². The minimum absolute atomic E-state index is 0.0882. The van der Waals surface area contributed by atoms with Crippen molar-refractivity contribution in [3.63, 3.8) is 0 Å². The Bertz CT molecular complexity index is 704. The third-order valence-electron chi connectivity index (χ3n) is 4.50. The molecule has 23 heavy (non-hydrogen) atoms. The van der Waals surface area contributed by atoms with Crippen molar-refractivity contribution in [2.45, 2.75) is 18.4 Å². The molecule has 1 fully saturated rings. The van der Waals surface area contributed by atoms with Crippen LogP contribution in [0.15, 0.2) is 48.7 Å². The summed E-state index contributed by atoms with van der Waals surface area (Å²) in [5.74, 6) is 1.60. The Kier molecular flexibility index (Phi) is 3.61. The van der Waals surface area contributed by atoms with E-state index in [-0.39, 0.29) is 23.8 Å². The van der Waals surface area contributed by atoms with Gasteiger partial charge in [0.25, 0.3) is 5.88 Å². The van der Waals surface area contributed by atoms with Gasteiger partial charge in [0.15, 0.2) is 5.75 Å². The molecule has 3 heterocycles. The Hall–Kier alpha value is -2.56. The van der Waals surface area contributed by atoms with Gasteiger partial charge < -0.3 is 14.8 Å². The first-order valence-corrected chi connectivity index (χ1v) is 7.87. The molecule has 2 aliphatic heterocycles. The number of ether oxygens (including phenoxy) is 2. The number of rotatable bonds is 3. The van der Waals surface area contributed by atoms with Gasteiger partial charge in [-0.2, -0.15) is 0 Å². The molecule has 2 aliphatic rings. The molecule has 2 aromatic rings. The zero-order chi connectivity index (χ0) is 15.6. The summed E-state index contributed by atoms with van der Waals surface area (Å²) >= 11 is 0. The monoisotopic (exact) mass is 310 g/mol. The number of amides is 1. The zero-order valence-electron chi connectivity index (χ0n) is 12.6. The van der Waals surface area contributed by atoms with E-state index in [0.717, 1.165) is 0 Å². The van der Waals surface area contributed by atoms with Crippen LogP contribution in [0.3, 0.4) is 0 Å². The molecule has 3 atom stereocenters. The maximum atomic E-state index is 11.7. The van der Waals surface area contributed by atoms with Gasteiger partial charge >= 0.3 is 0 Å². The molecule has 118 valence electrons. The van der Waals surface area contributed by atoms with E-state index in [1.54, 1.807) is 6.20 Å². The van der Waals surface area contributed by atoms with E-state index in [1.165, 1.54) is 5.56 Å². The van der Waals surface area contributed by atoms with Crippen molar-refractivity contribution in [2.75, 3.05) is 13.2 Å². The van der Waals surface area contributed by atoms with Crippen LogP contribution >= 0.6 is 0 Å². The SMILES string of the molecule is O=C1CC(C(c2ccccc2)C2COc3cccnc3O2)CN1. The minimum Gasteiger partial charge on any atom is -0.484 e. The number of aromatic nitrogens is 1. The average Bonchev–Trinajstić information content (AvgIpc) is 3.02. The molecule has 1 aromatic carbocycles. The van der Waals surface area contributed by atoms with Gasteiger partial charge in [-0.1, -0.05) is 30.3 Å². The summed E-state index contributed by atoms with van der Waals surface area (Å²) in [7, 11) is 0. The van der Waals surface area contributed by atoms with Gasteiger partial charge in [0.05, 0.1) is 0 Å². The van der Waals surface area contributed by atoms with Crippen molar-refractivity contribution in [3.8, 4) is 11.6 Å². The lowest BCUT2D eigenvalue weighted by Gasteiger charge is -2.34. The third-order valence-corrected chi connectivity index (χ3v) is 4.50. The standard InChI is InChI=1S/C18H18N2O3/c21-16-9-13(10-20-16)17(12-5-2-1-3-6-12)15-11-22-14-7-4-8-19-18(14)23-15/h1-8,13,15,17H,9-11H2,(H,20,21). The molecule has 0 bridgehead atoms. The van der Waals surface area contributed by atoms with Crippen molar-refractivity contribution >= 4 is 5.91 Å². The fraction of sp³-hybridized carbons (Fsp3) is 0.333. The molecular weight excluding hydrogens is 292 g/mol. The van der Waals surface area contributed by atoms with Gasteiger partial charge in [-0.25, -0.2) is 4.98 Å². The Balaban J connectivity index is 1.65. The predicted octanol–water partition coefficient (Wildman–Crippen LogP) is 2.14. The van der Waals surface area contributed by atoms with Crippen LogP contribution in [0.1, 0.15) is 17.9 Å². The highest BCUT2D eigenvalue weighted by Crippen LogP contribution is 2.38. The Morgan fingerprint density at radius 3 is 2.83 bits per heavy atom. The minimum atomic E-state index is -0.155. The molecule has 5 nitrogen and oxygen atoms in total. The number of carbonyl (C=O) groups excluding carboxylic acids is 1. The summed E-state index contributed by atoms with van der Waals surface area (Å²) in [5.41, 5.74) is 1.17. The number of pyridine rings is 1. The van der Waals surface area contributed by atoms with Crippen LogP contribution in [-0.2, 0) is 4.79 Å². The zero-order valence-corrected chi connectivity index (χ0v) is 12.6. The summed E-state index contributed by atoms with van der Waals surface area (Å²) in [4.78, 5) is 15.9. The second-order valence-electron chi connectivity index (χ2n) is 5.98. The molecule has 0 aliphatic carbocycles. The van der Waals surface area contributed by atoms with Crippen molar-refractivity contribution in [3.05, 3.63) is 54.2 Å². The van der Waals surface area contributed by atoms with Crippen molar-refractivity contribution < 1.29 is 14.3 Å². The van der Waals surface area contributed by atoms with Gasteiger partial charge in [0.1, 0.15) is 12.7 Å². The molecule has 4 rings (SSSR count). The molecule has 0 spiro atoms. The quantitative estimate of drug-likeness (QED) is 0.943. The second kappa shape index (κ2) is 5.91. The summed E-state index contributed by atoms with van der Waals surface area (Å²) in [6.07, 6.45) is 2.06. The molecule has 0 saturated carbocycles. The van der Waals surface area contributed by atoms with Crippen LogP contribution in [0.25, 0.3) is 0 Å². The van der Waals surface area contributed by atoms with Crippen LogP contribution in [0.5, 0.6) is 11.6 Å². The summed E-state index contributed by atoms with van der Waals surface area (Å²) < 4.78 is 12.0. The fourth-order valence-corrected chi connectivity index (χ4v) is 3.45. The fourth-order valence-electron chi connectivity index (χ4n) is 3.45. The smallest absolute Gasteiger partial charge is 0.257 e. The van der Waals surface area contributed by atoms with E-state index in [2.05, 4.69) is 22.4 Å². The number of fused-ring (bicyclic) bond motifs is 1. The molecule has 1 saturated heterocycles. The molecule has 1 amide bonds. The Morgan fingerprint density at radius 2 is 2.04 bits per heavy atom.